The molecule has 2 nitrogen and oxygen atoms in total. The van der Waals surface area contributed by atoms with Crippen molar-refractivity contribution in [1.82, 2.24) is 0 Å². The van der Waals surface area contributed by atoms with Gasteiger partial charge in [0.2, 0.25) is 0 Å². The summed E-state index contributed by atoms with van der Waals surface area (Å²) in [5, 5.41) is 2.35. The molecule has 0 aliphatic rings. The smallest absolute Gasteiger partial charge is 0.310 e. The minimum absolute atomic E-state index is 0.00513. The summed E-state index contributed by atoms with van der Waals surface area (Å²) in [7, 11) is -9.69. The zero-order valence-electron chi connectivity index (χ0n) is 10.7. The van der Waals surface area contributed by atoms with Crippen LogP contribution in [0.5, 0.6) is 0 Å². The van der Waals surface area contributed by atoms with E-state index in [0.29, 0.717) is 5.56 Å². The molecule has 0 radical (unpaired) electrons. The lowest BCUT2D eigenvalue weighted by atomic mass is 10.2. The fourth-order valence-electron chi connectivity index (χ4n) is 1.63. The molecule has 0 aliphatic carbocycles. The highest BCUT2D eigenvalue weighted by Gasteiger charge is 2.65. The number of benzene rings is 2. The fourth-order valence-corrected chi connectivity index (χ4v) is 2.82. The average molecular weight is 449 g/mol. The van der Waals surface area contributed by atoms with Crippen molar-refractivity contribution in [3.8, 4) is 0 Å². The van der Waals surface area contributed by atoms with Gasteiger partial charge in [-0.1, -0.05) is 25.5 Å². The maximum Gasteiger partial charge on any atom is 0.310 e. The number of rotatable bonds is 3. The number of anilines is 1. The van der Waals surface area contributed by atoms with Gasteiger partial charge in [-0.25, -0.2) is 0 Å². The Morgan fingerprint density at radius 3 is 2.05 bits per heavy atom. The van der Waals surface area contributed by atoms with Crippen molar-refractivity contribution in [1.29, 1.82) is 0 Å². The first-order valence-electron chi connectivity index (χ1n) is 5.76. The predicted octanol–water partition coefficient (Wildman–Crippen LogP) is 6.20. The van der Waals surface area contributed by atoms with Gasteiger partial charge in [0.1, 0.15) is 4.90 Å². The average Bonchev–Trinajstić information content (AvgIpc) is 2.36. The van der Waals surface area contributed by atoms with Gasteiger partial charge in [0.25, 0.3) is 5.91 Å². The normalized spacial score (nSPS) is 14.8. The molecule has 0 saturated carbocycles. The fraction of sp³-hybridized carbons (Fsp3) is 0. The molecule has 0 aromatic heterocycles. The van der Waals surface area contributed by atoms with E-state index in [2.05, 4.69) is 5.32 Å². The van der Waals surface area contributed by atoms with Crippen LogP contribution in [0.1, 0.15) is 10.4 Å². The number of hydrogen-bond acceptors (Lipinski definition) is 1. The Labute approximate surface area is 136 Å². The van der Waals surface area contributed by atoms with E-state index < -0.39 is 21.0 Å². The van der Waals surface area contributed by atoms with Crippen molar-refractivity contribution in [2.24, 2.45) is 0 Å². The zero-order valence-corrected chi connectivity index (χ0v) is 13.7. The molecule has 0 saturated heterocycles. The van der Waals surface area contributed by atoms with Crippen LogP contribution in [-0.2, 0) is 0 Å². The number of halogens is 6. The Hall–Kier alpha value is -1.36. The molecular formula is C13H9F5INOS. The van der Waals surface area contributed by atoms with Crippen molar-refractivity contribution >= 4 is 44.4 Å². The summed E-state index contributed by atoms with van der Waals surface area (Å²) in [6, 6.07) is 8.62. The van der Waals surface area contributed by atoms with Gasteiger partial charge in [-0.15, -0.1) is 0 Å². The SMILES string of the molecule is O=C(Nc1ccc(S(F)(F)(F)(F)F)cc1)c1cccc(I)c1. The molecule has 1 N–H and O–H groups in total. The highest BCUT2D eigenvalue weighted by atomic mass is 127. The van der Waals surface area contributed by atoms with Gasteiger partial charge in [0, 0.05) is 14.8 Å². The van der Waals surface area contributed by atoms with Gasteiger partial charge in [-0.05, 0) is 65.1 Å². The maximum absolute atomic E-state index is 12.6. The Kier molecular flexibility index (Phi) is 3.72. The van der Waals surface area contributed by atoms with Gasteiger partial charge < -0.3 is 5.32 Å². The minimum atomic E-state index is -9.69. The van der Waals surface area contributed by atoms with Crippen LogP contribution in [0.4, 0.5) is 25.1 Å². The molecule has 2 rings (SSSR count). The van der Waals surface area contributed by atoms with Crippen molar-refractivity contribution in [2.45, 2.75) is 4.90 Å². The van der Waals surface area contributed by atoms with Crippen LogP contribution >= 0.6 is 32.8 Å². The zero-order chi connectivity index (χ0) is 16.7. The van der Waals surface area contributed by atoms with Crippen LogP contribution in [0.25, 0.3) is 0 Å². The molecule has 0 heterocycles. The molecule has 0 spiro atoms. The molecule has 1 amide bonds. The summed E-state index contributed by atoms with van der Waals surface area (Å²) in [5.41, 5.74) is 0.304. The molecule has 2 aromatic carbocycles. The maximum atomic E-state index is 12.6. The van der Waals surface area contributed by atoms with Crippen LogP contribution in [0.15, 0.2) is 53.4 Å². The van der Waals surface area contributed by atoms with E-state index in [4.69, 9.17) is 0 Å². The molecule has 0 fully saturated rings. The number of carbonyl (C=O) groups is 1. The number of nitrogens with one attached hydrogen (secondary N) is 1. The van der Waals surface area contributed by atoms with Crippen LogP contribution in [0, 0.1) is 3.57 Å². The van der Waals surface area contributed by atoms with Gasteiger partial charge >= 0.3 is 10.2 Å². The summed E-state index contributed by atoms with van der Waals surface area (Å²) in [6.45, 7) is 0. The molecule has 9 heteroatoms. The summed E-state index contributed by atoms with van der Waals surface area (Å²) < 4.78 is 63.6. The van der Waals surface area contributed by atoms with Crippen molar-refractivity contribution < 1.29 is 24.2 Å². The van der Waals surface area contributed by atoms with Gasteiger partial charge in [0.15, 0.2) is 0 Å². The number of carbonyl (C=O) groups excluding carboxylic acids is 1. The minimum Gasteiger partial charge on any atom is -0.322 e. The second-order valence-electron chi connectivity index (χ2n) is 4.46. The lowest BCUT2D eigenvalue weighted by molar-refractivity contribution is 0.102. The number of hydrogen-bond donors (Lipinski definition) is 1. The first-order chi connectivity index (χ1) is 9.85. The van der Waals surface area contributed by atoms with Crippen LogP contribution in [-0.4, -0.2) is 5.91 Å². The number of amides is 1. The molecule has 0 aliphatic heterocycles. The highest BCUT2D eigenvalue weighted by Crippen LogP contribution is 3.02. The molecule has 22 heavy (non-hydrogen) atoms. The summed E-state index contributed by atoms with van der Waals surface area (Å²) in [5.74, 6) is -0.543. The van der Waals surface area contributed by atoms with Crippen LogP contribution in [0.3, 0.4) is 0 Å². The van der Waals surface area contributed by atoms with Gasteiger partial charge in [-0.3, -0.25) is 4.79 Å². The standard InChI is InChI=1S/C13H9F5INOS/c14-22(15,16,17,18)12-6-4-11(5-7-12)20-13(21)9-2-1-3-10(19)8-9/h1-8H,(H,20,21). The molecule has 2 aromatic rings. The largest absolute Gasteiger partial charge is 0.322 e. The van der Waals surface area contributed by atoms with E-state index in [1.807, 2.05) is 22.6 Å². The van der Waals surface area contributed by atoms with Crippen molar-refractivity contribution in [3.05, 3.63) is 57.7 Å². The van der Waals surface area contributed by atoms with Crippen LogP contribution < -0.4 is 5.32 Å². The van der Waals surface area contributed by atoms with Crippen molar-refractivity contribution in [3.63, 3.8) is 0 Å². The van der Waals surface area contributed by atoms with Gasteiger partial charge in [0.05, 0.1) is 0 Å². The Balaban J connectivity index is 2.21. The third kappa shape index (κ3) is 4.32. The van der Waals surface area contributed by atoms with E-state index in [-0.39, 0.29) is 17.8 Å². The lowest BCUT2D eigenvalue weighted by Gasteiger charge is -2.40. The monoisotopic (exact) mass is 449 g/mol. The first kappa shape index (κ1) is 17.0. The quantitative estimate of drug-likeness (QED) is 0.439. The van der Waals surface area contributed by atoms with E-state index >= 15 is 0 Å². The molecule has 0 bridgehead atoms. The molecular weight excluding hydrogens is 440 g/mol. The van der Waals surface area contributed by atoms with Crippen molar-refractivity contribution in [2.75, 3.05) is 5.32 Å². The van der Waals surface area contributed by atoms with E-state index in [1.54, 1.807) is 18.2 Å². The second kappa shape index (κ2) is 4.82. The Morgan fingerprint density at radius 2 is 1.55 bits per heavy atom. The molecule has 120 valence electrons. The molecule has 0 atom stereocenters. The third-order valence-corrected chi connectivity index (χ3v) is 4.48. The Bertz CT molecular complexity index is 730. The second-order valence-corrected chi connectivity index (χ2v) is 8.11. The third-order valence-electron chi connectivity index (χ3n) is 2.64. The summed E-state index contributed by atoms with van der Waals surface area (Å²) >= 11 is 2.00. The molecule has 0 unspecified atom stereocenters. The Morgan fingerprint density at radius 1 is 0.955 bits per heavy atom. The first-order valence-corrected chi connectivity index (χ1v) is 8.79. The summed E-state index contributed by atoms with van der Waals surface area (Å²) in [6.07, 6.45) is 0. The lowest BCUT2D eigenvalue weighted by Crippen LogP contribution is -2.12. The topological polar surface area (TPSA) is 29.1 Å². The van der Waals surface area contributed by atoms with E-state index in [9.17, 15) is 24.2 Å². The van der Waals surface area contributed by atoms with Gasteiger partial charge in [-0.2, -0.15) is 0 Å². The van der Waals surface area contributed by atoms with E-state index in [0.717, 1.165) is 15.7 Å². The summed E-state index contributed by atoms with van der Waals surface area (Å²) in [4.78, 5) is 9.90. The predicted molar refractivity (Wildman–Crippen MR) is 85.0 cm³/mol. The van der Waals surface area contributed by atoms with Crippen LogP contribution in [0.2, 0.25) is 0 Å². The van der Waals surface area contributed by atoms with E-state index in [1.165, 1.54) is 6.07 Å². The highest BCUT2D eigenvalue weighted by molar-refractivity contribution is 14.1.